The van der Waals surface area contributed by atoms with Crippen molar-refractivity contribution in [1.29, 1.82) is 0 Å². The van der Waals surface area contributed by atoms with Crippen molar-refractivity contribution >= 4 is 0 Å². The molecular formula is C12H16N4O. The van der Waals surface area contributed by atoms with Crippen LogP contribution in [-0.4, -0.2) is 21.7 Å². The number of nitrogens with zero attached hydrogens (tertiary/aromatic N) is 3. The van der Waals surface area contributed by atoms with E-state index in [1.165, 1.54) is 0 Å². The molecule has 1 unspecified atom stereocenters. The molecule has 0 radical (unpaired) electrons. The normalized spacial score (nSPS) is 12.6. The van der Waals surface area contributed by atoms with Gasteiger partial charge in [-0.05, 0) is 30.7 Å². The van der Waals surface area contributed by atoms with E-state index >= 15 is 0 Å². The Hall–Kier alpha value is -1.75. The zero-order chi connectivity index (χ0) is 12.1. The molecule has 0 aliphatic heterocycles. The summed E-state index contributed by atoms with van der Waals surface area (Å²) < 4.78 is 5.22. The van der Waals surface area contributed by atoms with Gasteiger partial charge in [-0.3, -0.25) is 4.98 Å². The predicted molar refractivity (Wildman–Crippen MR) is 63.4 cm³/mol. The van der Waals surface area contributed by atoms with Gasteiger partial charge in [0.1, 0.15) is 0 Å². The van der Waals surface area contributed by atoms with Gasteiger partial charge in [-0.1, -0.05) is 12.1 Å². The molecule has 0 aliphatic rings. The van der Waals surface area contributed by atoms with Gasteiger partial charge < -0.3 is 10.3 Å². The van der Waals surface area contributed by atoms with E-state index in [4.69, 9.17) is 10.3 Å². The van der Waals surface area contributed by atoms with Crippen molar-refractivity contribution in [2.75, 3.05) is 6.54 Å². The van der Waals surface area contributed by atoms with Crippen LogP contribution in [0, 0.1) is 0 Å². The first-order chi connectivity index (χ1) is 8.29. The number of rotatable bonds is 5. The van der Waals surface area contributed by atoms with Crippen molar-refractivity contribution in [3.05, 3.63) is 41.8 Å². The minimum absolute atomic E-state index is 0.221. The Bertz CT molecular complexity index is 455. The van der Waals surface area contributed by atoms with E-state index in [1.807, 2.05) is 19.1 Å². The Kier molecular flexibility index (Phi) is 3.82. The Labute approximate surface area is 100 Å². The number of aromatic nitrogens is 3. The molecule has 1 atom stereocenters. The highest BCUT2D eigenvalue weighted by atomic mass is 16.5. The zero-order valence-corrected chi connectivity index (χ0v) is 9.84. The maximum absolute atomic E-state index is 5.50. The molecule has 0 aromatic carbocycles. The third kappa shape index (κ3) is 3.10. The zero-order valence-electron chi connectivity index (χ0n) is 9.84. The molecule has 2 heterocycles. The molecule has 2 N–H and O–H groups in total. The Balaban J connectivity index is 2.04. The van der Waals surface area contributed by atoms with Crippen molar-refractivity contribution in [2.45, 2.75) is 25.7 Å². The van der Waals surface area contributed by atoms with Gasteiger partial charge in [-0.25, -0.2) is 0 Å². The average Bonchev–Trinajstić information content (AvgIpc) is 2.79. The second-order valence-electron chi connectivity index (χ2n) is 4.06. The summed E-state index contributed by atoms with van der Waals surface area (Å²) in [5.41, 5.74) is 6.62. The molecule has 5 heteroatoms. The van der Waals surface area contributed by atoms with E-state index in [0.29, 0.717) is 24.7 Å². The van der Waals surface area contributed by atoms with E-state index in [2.05, 4.69) is 15.1 Å². The predicted octanol–water partition coefficient (Wildman–Crippen LogP) is 1.51. The molecular weight excluding hydrogens is 216 g/mol. The first-order valence-electron chi connectivity index (χ1n) is 5.71. The molecule has 0 bridgehead atoms. The van der Waals surface area contributed by atoms with Gasteiger partial charge in [0.15, 0.2) is 5.82 Å². The summed E-state index contributed by atoms with van der Waals surface area (Å²) in [4.78, 5) is 8.34. The maximum atomic E-state index is 5.50. The monoisotopic (exact) mass is 232 g/mol. The summed E-state index contributed by atoms with van der Waals surface area (Å²) in [7, 11) is 0. The average molecular weight is 232 g/mol. The molecule has 0 saturated carbocycles. The smallest absolute Gasteiger partial charge is 0.229 e. The van der Waals surface area contributed by atoms with Crippen LogP contribution in [0.2, 0.25) is 0 Å². The van der Waals surface area contributed by atoms with Crippen molar-refractivity contribution in [1.82, 2.24) is 15.1 Å². The van der Waals surface area contributed by atoms with Crippen LogP contribution in [0.4, 0.5) is 0 Å². The molecule has 90 valence electrons. The van der Waals surface area contributed by atoms with Crippen LogP contribution in [0.15, 0.2) is 29.0 Å². The summed E-state index contributed by atoms with van der Waals surface area (Å²) in [6.45, 7) is 2.67. The van der Waals surface area contributed by atoms with Crippen LogP contribution in [0.5, 0.6) is 0 Å². The quantitative estimate of drug-likeness (QED) is 0.845. The summed E-state index contributed by atoms with van der Waals surface area (Å²) in [5, 5.41) is 3.97. The Morgan fingerprint density at radius 1 is 1.35 bits per heavy atom. The van der Waals surface area contributed by atoms with Gasteiger partial charge in [-0.2, -0.15) is 4.98 Å². The molecule has 2 aromatic rings. The fourth-order valence-electron chi connectivity index (χ4n) is 1.60. The summed E-state index contributed by atoms with van der Waals surface area (Å²) in [6, 6.07) is 3.89. The van der Waals surface area contributed by atoms with Crippen LogP contribution >= 0.6 is 0 Å². The maximum Gasteiger partial charge on any atom is 0.229 e. The van der Waals surface area contributed by atoms with Crippen LogP contribution in [0.25, 0.3) is 0 Å². The van der Waals surface area contributed by atoms with Crippen LogP contribution in [0.3, 0.4) is 0 Å². The molecule has 0 aliphatic carbocycles. The summed E-state index contributed by atoms with van der Waals surface area (Å²) >= 11 is 0. The lowest BCUT2D eigenvalue weighted by Crippen LogP contribution is -2.04. The molecule has 17 heavy (non-hydrogen) atoms. The molecule has 0 saturated heterocycles. The van der Waals surface area contributed by atoms with Gasteiger partial charge in [0.05, 0.1) is 0 Å². The van der Waals surface area contributed by atoms with E-state index in [-0.39, 0.29) is 5.92 Å². The summed E-state index contributed by atoms with van der Waals surface area (Å²) in [6.07, 6.45) is 5.04. The van der Waals surface area contributed by atoms with E-state index in [1.54, 1.807) is 12.4 Å². The lowest BCUT2D eigenvalue weighted by atomic mass is 10.1. The third-order valence-electron chi connectivity index (χ3n) is 2.62. The molecule has 0 fully saturated rings. The molecule has 5 nitrogen and oxygen atoms in total. The van der Waals surface area contributed by atoms with E-state index in [9.17, 15) is 0 Å². The minimum atomic E-state index is 0.221. The molecule has 2 aromatic heterocycles. The lowest BCUT2D eigenvalue weighted by Gasteiger charge is -2.01. The van der Waals surface area contributed by atoms with E-state index < -0.39 is 0 Å². The van der Waals surface area contributed by atoms with Crippen molar-refractivity contribution in [3.63, 3.8) is 0 Å². The molecule has 0 spiro atoms. The van der Waals surface area contributed by atoms with E-state index in [0.717, 1.165) is 12.0 Å². The number of pyridine rings is 1. The molecule has 0 amide bonds. The standard InChI is InChI=1S/C12H16N4O/c1-9(2-5-13)12-15-11(16-17-12)8-10-3-6-14-7-4-10/h3-4,6-7,9H,2,5,8,13H2,1H3. The SMILES string of the molecule is CC(CCN)c1nc(Cc2ccncc2)no1. The lowest BCUT2D eigenvalue weighted by molar-refractivity contribution is 0.351. The van der Waals surface area contributed by atoms with Crippen molar-refractivity contribution in [2.24, 2.45) is 5.73 Å². The fourth-order valence-corrected chi connectivity index (χ4v) is 1.60. The number of hydrogen-bond donors (Lipinski definition) is 1. The van der Waals surface area contributed by atoms with Gasteiger partial charge in [0.25, 0.3) is 0 Å². The number of nitrogens with two attached hydrogens (primary N) is 1. The van der Waals surface area contributed by atoms with Crippen LogP contribution < -0.4 is 5.73 Å². The van der Waals surface area contributed by atoms with Crippen LogP contribution in [0.1, 0.15) is 36.5 Å². The van der Waals surface area contributed by atoms with Gasteiger partial charge in [0, 0.05) is 24.7 Å². The van der Waals surface area contributed by atoms with Gasteiger partial charge in [-0.15, -0.1) is 0 Å². The molecule has 2 rings (SSSR count). The Morgan fingerprint density at radius 2 is 2.12 bits per heavy atom. The third-order valence-corrected chi connectivity index (χ3v) is 2.62. The minimum Gasteiger partial charge on any atom is -0.339 e. The second kappa shape index (κ2) is 5.54. The first kappa shape index (κ1) is 11.7. The first-order valence-corrected chi connectivity index (χ1v) is 5.71. The topological polar surface area (TPSA) is 77.8 Å². The second-order valence-corrected chi connectivity index (χ2v) is 4.06. The Morgan fingerprint density at radius 3 is 2.82 bits per heavy atom. The van der Waals surface area contributed by atoms with Crippen molar-refractivity contribution < 1.29 is 4.52 Å². The summed E-state index contributed by atoms with van der Waals surface area (Å²) in [5.74, 6) is 1.59. The highest BCUT2D eigenvalue weighted by Crippen LogP contribution is 2.16. The highest BCUT2D eigenvalue weighted by molar-refractivity contribution is 5.14. The number of hydrogen-bond acceptors (Lipinski definition) is 5. The largest absolute Gasteiger partial charge is 0.339 e. The van der Waals surface area contributed by atoms with Crippen molar-refractivity contribution in [3.8, 4) is 0 Å². The fraction of sp³-hybridized carbons (Fsp3) is 0.417. The van der Waals surface area contributed by atoms with Gasteiger partial charge in [0.2, 0.25) is 5.89 Å². The highest BCUT2D eigenvalue weighted by Gasteiger charge is 2.13. The van der Waals surface area contributed by atoms with Gasteiger partial charge >= 0.3 is 0 Å². The van der Waals surface area contributed by atoms with Crippen LogP contribution in [-0.2, 0) is 6.42 Å².